The maximum atomic E-state index is 12.7. The Balaban J connectivity index is 2.06. The van der Waals surface area contributed by atoms with Gasteiger partial charge in [-0.1, -0.05) is 29.8 Å². The largest absolute Gasteiger partial charge is 0.321 e. The summed E-state index contributed by atoms with van der Waals surface area (Å²) in [6.07, 6.45) is 0. The number of halogens is 1. The van der Waals surface area contributed by atoms with Gasteiger partial charge in [-0.25, -0.2) is 4.68 Å². The van der Waals surface area contributed by atoms with Gasteiger partial charge in [0, 0.05) is 17.6 Å². The van der Waals surface area contributed by atoms with E-state index in [0.29, 0.717) is 28.6 Å². The first kappa shape index (κ1) is 16.7. The predicted octanol–water partition coefficient (Wildman–Crippen LogP) is 3.19. The fourth-order valence-corrected chi connectivity index (χ4v) is 2.71. The number of amides is 1. The van der Waals surface area contributed by atoms with Crippen LogP contribution >= 0.6 is 11.6 Å². The second kappa shape index (κ2) is 6.75. The highest BCUT2D eigenvalue weighted by Crippen LogP contribution is 2.21. The summed E-state index contributed by atoms with van der Waals surface area (Å²) in [6, 6.07) is 13.4. The number of aromatic nitrogens is 2. The Hall–Kier alpha value is -3.17. The zero-order valence-electron chi connectivity index (χ0n) is 13.3. The number of nitriles is 1. The van der Waals surface area contributed by atoms with Gasteiger partial charge in [-0.2, -0.15) is 10.4 Å². The van der Waals surface area contributed by atoms with Crippen molar-refractivity contribution in [3.8, 4) is 6.07 Å². The number of carbonyl (C=O) groups is 1. The number of anilines is 1. The molecule has 124 valence electrons. The molecule has 0 unspecified atom stereocenters. The minimum absolute atomic E-state index is 0.150. The zero-order chi connectivity index (χ0) is 18.0. The molecule has 0 aliphatic rings. The summed E-state index contributed by atoms with van der Waals surface area (Å²) in [5.74, 6) is -0.459. The van der Waals surface area contributed by atoms with E-state index < -0.39 is 5.91 Å². The Morgan fingerprint density at radius 1 is 1.28 bits per heavy atom. The van der Waals surface area contributed by atoms with Gasteiger partial charge in [-0.3, -0.25) is 9.59 Å². The molecule has 0 saturated carbocycles. The molecule has 1 N–H and O–H groups in total. The van der Waals surface area contributed by atoms with Crippen LogP contribution in [0.1, 0.15) is 23.0 Å². The molecule has 0 atom stereocenters. The third-order valence-electron chi connectivity index (χ3n) is 3.73. The minimum Gasteiger partial charge on any atom is -0.321 e. The van der Waals surface area contributed by atoms with E-state index in [1.165, 1.54) is 16.8 Å². The number of hydrogen-bond donors (Lipinski definition) is 1. The van der Waals surface area contributed by atoms with Crippen LogP contribution < -0.4 is 10.9 Å². The molecule has 0 aliphatic heterocycles. The summed E-state index contributed by atoms with van der Waals surface area (Å²) in [5, 5.41) is 16.9. The topological polar surface area (TPSA) is 87.8 Å². The Labute approximate surface area is 148 Å². The lowest BCUT2D eigenvalue weighted by Gasteiger charge is -2.10. The van der Waals surface area contributed by atoms with Gasteiger partial charge in [0.05, 0.1) is 16.0 Å². The molecule has 3 aromatic rings. The van der Waals surface area contributed by atoms with Crippen LogP contribution in [0.25, 0.3) is 10.8 Å². The van der Waals surface area contributed by atoms with Crippen LogP contribution in [0.4, 0.5) is 5.69 Å². The number of nitrogens with zero attached hydrogens (tertiary/aromatic N) is 3. The maximum absolute atomic E-state index is 12.7. The number of rotatable bonds is 3. The highest BCUT2D eigenvalue weighted by atomic mass is 35.5. The average Bonchev–Trinajstić information content (AvgIpc) is 2.62. The molecule has 0 spiro atoms. The van der Waals surface area contributed by atoms with Crippen LogP contribution in [-0.2, 0) is 6.54 Å². The summed E-state index contributed by atoms with van der Waals surface area (Å²) in [5.41, 5.74) is 0.672. The molecule has 1 amide bonds. The molecule has 1 heterocycles. The molecular weight excluding hydrogens is 340 g/mol. The van der Waals surface area contributed by atoms with Crippen molar-refractivity contribution in [2.45, 2.75) is 13.5 Å². The highest BCUT2D eigenvalue weighted by Gasteiger charge is 2.16. The molecule has 7 heteroatoms. The summed E-state index contributed by atoms with van der Waals surface area (Å²) in [7, 11) is 0. The first-order valence-corrected chi connectivity index (χ1v) is 7.93. The van der Waals surface area contributed by atoms with Crippen molar-refractivity contribution < 1.29 is 4.79 Å². The zero-order valence-corrected chi connectivity index (χ0v) is 14.0. The maximum Gasteiger partial charge on any atom is 0.276 e. The summed E-state index contributed by atoms with van der Waals surface area (Å²) < 4.78 is 1.25. The number of fused-ring (bicyclic) bond motifs is 1. The Morgan fingerprint density at radius 3 is 2.64 bits per heavy atom. The smallest absolute Gasteiger partial charge is 0.276 e. The van der Waals surface area contributed by atoms with Crippen LogP contribution in [-0.4, -0.2) is 15.7 Å². The van der Waals surface area contributed by atoms with Crippen LogP contribution in [0, 0.1) is 11.3 Å². The van der Waals surface area contributed by atoms with Crippen molar-refractivity contribution in [1.82, 2.24) is 9.78 Å². The SMILES string of the molecule is CCn1nc(C(=O)Nc2ccc(C#N)c(Cl)c2)c2ccccc2c1=O. The lowest BCUT2D eigenvalue weighted by molar-refractivity contribution is 0.102. The molecule has 0 fully saturated rings. The minimum atomic E-state index is -0.459. The number of benzene rings is 2. The number of carbonyl (C=O) groups excluding carboxylic acids is 1. The summed E-state index contributed by atoms with van der Waals surface area (Å²) >= 11 is 5.99. The molecule has 25 heavy (non-hydrogen) atoms. The van der Waals surface area contributed by atoms with Gasteiger partial charge < -0.3 is 5.32 Å². The van der Waals surface area contributed by atoms with Crippen molar-refractivity contribution in [3.63, 3.8) is 0 Å². The second-order valence-corrected chi connectivity index (χ2v) is 5.68. The van der Waals surface area contributed by atoms with E-state index in [4.69, 9.17) is 16.9 Å². The van der Waals surface area contributed by atoms with Crippen LogP contribution in [0.3, 0.4) is 0 Å². The van der Waals surface area contributed by atoms with Crippen molar-refractivity contribution in [2.24, 2.45) is 0 Å². The first-order valence-electron chi connectivity index (χ1n) is 7.56. The molecule has 2 aromatic carbocycles. The summed E-state index contributed by atoms with van der Waals surface area (Å²) in [4.78, 5) is 25.0. The van der Waals surface area contributed by atoms with E-state index in [1.54, 1.807) is 37.3 Å². The third-order valence-corrected chi connectivity index (χ3v) is 4.04. The van der Waals surface area contributed by atoms with Crippen LogP contribution in [0.2, 0.25) is 5.02 Å². The van der Waals surface area contributed by atoms with E-state index in [0.717, 1.165) is 0 Å². The van der Waals surface area contributed by atoms with Crippen molar-refractivity contribution in [2.75, 3.05) is 5.32 Å². The fraction of sp³-hybridized carbons (Fsp3) is 0.111. The molecule has 0 aliphatic carbocycles. The molecule has 0 saturated heterocycles. The van der Waals surface area contributed by atoms with E-state index in [-0.39, 0.29) is 16.3 Å². The standard InChI is InChI=1S/C18H13ClN4O2/c1-2-23-18(25)14-6-4-3-5-13(14)16(22-23)17(24)21-12-8-7-11(10-20)15(19)9-12/h3-9H,2H2,1H3,(H,21,24). The van der Waals surface area contributed by atoms with Gasteiger partial charge in [0.15, 0.2) is 5.69 Å². The van der Waals surface area contributed by atoms with Gasteiger partial charge in [-0.05, 0) is 31.2 Å². The molecule has 0 bridgehead atoms. The van der Waals surface area contributed by atoms with Crippen molar-refractivity contribution in [1.29, 1.82) is 5.26 Å². The van der Waals surface area contributed by atoms with E-state index in [1.807, 2.05) is 6.07 Å². The normalized spacial score (nSPS) is 10.4. The number of aryl methyl sites for hydroxylation is 1. The van der Waals surface area contributed by atoms with E-state index in [9.17, 15) is 9.59 Å². The van der Waals surface area contributed by atoms with Gasteiger partial charge in [-0.15, -0.1) is 0 Å². The molecule has 1 aromatic heterocycles. The Bertz CT molecular complexity index is 1080. The van der Waals surface area contributed by atoms with Gasteiger partial charge in [0.25, 0.3) is 11.5 Å². The molecule has 3 rings (SSSR count). The third kappa shape index (κ3) is 3.10. The number of nitrogens with one attached hydrogen (secondary N) is 1. The van der Waals surface area contributed by atoms with Crippen LogP contribution in [0.5, 0.6) is 0 Å². The lowest BCUT2D eigenvalue weighted by atomic mass is 10.1. The average molecular weight is 353 g/mol. The quantitative estimate of drug-likeness (QED) is 0.784. The van der Waals surface area contributed by atoms with Gasteiger partial charge in [0.1, 0.15) is 6.07 Å². The Kier molecular flexibility index (Phi) is 4.50. The van der Waals surface area contributed by atoms with Crippen LogP contribution in [0.15, 0.2) is 47.3 Å². The lowest BCUT2D eigenvalue weighted by Crippen LogP contribution is -2.27. The number of hydrogen-bond acceptors (Lipinski definition) is 4. The summed E-state index contributed by atoms with van der Waals surface area (Å²) in [6.45, 7) is 2.14. The molecule has 6 nitrogen and oxygen atoms in total. The predicted molar refractivity (Wildman–Crippen MR) is 95.8 cm³/mol. The Morgan fingerprint density at radius 2 is 2.00 bits per heavy atom. The van der Waals surface area contributed by atoms with E-state index in [2.05, 4.69) is 10.4 Å². The highest BCUT2D eigenvalue weighted by molar-refractivity contribution is 6.32. The molecular formula is C18H13ClN4O2. The van der Waals surface area contributed by atoms with Crippen molar-refractivity contribution >= 4 is 34.0 Å². The second-order valence-electron chi connectivity index (χ2n) is 5.28. The van der Waals surface area contributed by atoms with Crippen molar-refractivity contribution in [3.05, 3.63) is 69.1 Å². The van der Waals surface area contributed by atoms with Gasteiger partial charge >= 0.3 is 0 Å². The first-order chi connectivity index (χ1) is 12.0. The molecule has 0 radical (unpaired) electrons. The van der Waals surface area contributed by atoms with Gasteiger partial charge in [0.2, 0.25) is 0 Å². The fourth-order valence-electron chi connectivity index (χ4n) is 2.49. The van der Waals surface area contributed by atoms with E-state index >= 15 is 0 Å². The monoisotopic (exact) mass is 352 g/mol.